The van der Waals surface area contributed by atoms with Gasteiger partial charge in [-0.3, -0.25) is 0 Å². The standard InChI is InChI=1S/C11H22/c1-6-7-8(2)10-9(3)11(10,4)5/h8-10H,6-7H2,1-5H3. The van der Waals surface area contributed by atoms with E-state index in [4.69, 9.17) is 0 Å². The fraction of sp³-hybridized carbons (Fsp3) is 1.00. The van der Waals surface area contributed by atoms with Crippen LogP contribution in [-0.2, 0) is 0 Å². The van der Waals surface area contributed by atoms with E-state index in [1.54, 1.807) is 0 Å². The molecule has 0 amide bonds. The monoisotopic (exact) mass is 154 g/mol. The summed E-state index contributed by atoms with van der Waals surface area (Å²) in [7, 11) is 0. The predicted molar refractivity (Wildman–Crippen MR) is 50.5 cm³/mol. The molecule has 0 spiro atoms. The van der Waals surface area contributed by atoms with Crippen molar-refractivity contribution in [2.45, 2.75) is 47.5 Å². The van der Waals surface area contributed by atoms with Crippen LogP contribution in [0.5, 0.6) is 0 Å². The third-order valence-corrected chi connectivity index (χ3v) is 3.82. The van der Waals surface area contributed by atoms with Crippen molar-refractivity contribution < 1.29 is 0 Å². The van der Waals surface area contributed by atoms with Gasteiger partial charge in [-0.2, -0.15) is 0 Å². The van der Waals surface area contributed by atoms with Gasteiger partial charge in [0.15, 0.2) is 0 Å². The molecule has 0 heterocycles. The fourth-order valence-corrected chi connectivity index (χ4v) is 2.80. The van der Waals surface area contributed by atoms with Crippen LogP contribution in [0.2, 0.25) is 0 Å². The molecule has 0 bridgehead atoms. The van der Waals surface area contributed by atoms with E-state index in [0.717, 1.165) is 17.8 Å². The van der Waals surface area contributed by atoms with Crippen molar-refractivity contribution in [1.29, 1.82) is 0 Å². The van der Waals surface area contributed by atoms with Gasteiger partial charge in [0, 0.05) is 0 Å². The van der Waals surface area contributed by atoms with Crippen LogP contribution in [0.1, 0.15) is 47.5 Å². The summed E-state index contributed by atoms with van der Waals surface area (Å²) in [5.74, 6) is 2.91. The third-order valence-electron chi connectivity index (χ3n) is 3.82. The van der Waals surface area contributed by atoms with Gasteiger partial charge in [-0.15, -0.1) is 0 Å². The van der Waals surface area contributed by atoms with Crippen LogP contribution in [0.4, 0.5) is 0 Å². The molecule has 1 fully saturated rings. The zero-order valence-electron chi connectivity index (χ0n) is 8.65. The first-order chi connectivity index (χ1) is 5.01. The van der Waals surface area contributed by atoms with E-state index in [9.17, 15) is 0 Å². The molecule has 0 aromatic rings. The van der Waals surface area contributed by atoms with Crippen LogP contribution >= 0.6 is 0 Å². The summed E-state index contributed by atoms with van der Waals surface area (Å²) in [6.07, 6.45) is 2.76. The van der Waals surface area contributed by atoms with Gasteiger partial charge in [0.05, 0.1) is 0 Å². The maximum absolute atomic E-state index is 2.42. The summed E-state index contributed by atoms with van der Waals surface area (Å²) in [5.41, 5.74) is 0.647. The van der Waals surface area contributed by atoms with Gasteiger partial charge in [-0.1, -0.05) is 47.5 Å². The lowest BCUT2D eigenvalue weighted by atomic mass is 9.95. The second-order valence-corrected chi connectivity index (χ2v) is 4.90. The van der Waals surface area contributed by atoms with Gasteiger partial charge < -0.3 is 0 Å². The summed E-state index contributed by atoms with van der Waals surface area (Å²) >= 11 is 0. The van der Waals surface area contributed by atoms with Gasteiger partial charge in [-0.25, -0.2) is 0 Å². The quantitative estimate of drug-likeness (QED) is 0.581. The van der Waals surface area contributed by atoms with E-state index >= 15 is 0 Å². The normalized spacial score (nSPS) is 36.8. The van der Waals surface area contributed by atoms with Crippen molar-refractivity contribution in [2.24, 2.45) is 23.2 Å². The summed E-state index contributed by atoms with van der Waals surface area (Å²) < 4.78 is 0. The van der Waals surface area contributed by atoms with E-state index in [2.05, 4.69) is 34.6 Å². The topological polar surface area (TPSA) is 0 Å². The molecule has 3 unspecified atom stereocenters. The average Bonchev–Trinajstić information content (AvgIpc) is 2.34. The smallest absolute Gasteiger partial charge is 0.0292 e. The van der Waals surface area contributed by atoms with Crippen molar-refractivity contribution >= 4 is 0 Å². The second-order valence-electron chi connectivity index (χ2n) is 4.90. The van der Waals surface area contributed by atoms with Crippen molar-refractivity contribution in [3.63, 3.8) is 0 Å². The first kappa shape index (κ1) is 9.09. The highest BCUT2D eigenvalue weighted by Gasteiger charge is 2.55. The van der Waals surface area contributed by atoms with Gasteiger partial charge in [0.1, 0.15) is 0 Å². The first-order valence-corrected chi connectivity index (χ1v) is 5.01. The van der Waals surface area contributed by atoms with Crippen LogP contribution in [0.25, 0.3) is 0 Å². The van der Waals surface area contributed by atoms with Gasteiger partial charge in [-0.05, 0) is 23.2 Å². The van der Waals surface area contributed by atoms with Crippen LogP contribution in [0, 0.1) is 23.2 Å². The zero-order chi connectivity index (χ0) is 8.65. The molecule has 1 rings (SSSR count). The largest absolute Gasteiger partial charge is 0.0654 e. The van der Waals surface area contributed by atoms with Gasteiger partial charge >= 0.3 is 0 Å². The first-order valence-electron chi connectivity index (χ1n) is 5.01. The van der Waals surface area contributed by atoms with Gasteiger partial charge in [0.2, 0.25) is 0 Å². The Morgan fingerprint density at radius 3 is 2.09 bits per heavy atom. The Bertz CT molecular complexity index is 135. The van der Waals surface area contributed by atoms with E-state index < -0.39 is 0 Å². The molecule has 0 saturated heterocycles. The molecule has 1 aliphatic carbocycles. The van der Waals surface area contributed by atoms with Gasteiger partial charge in [0.25, 0.3) is 0 Å². The minimum atomic E-state index is 0.647. The highest BCUT2D eigenvalue weighted by atomic mass is 14.6. The summed E-state index contributed by atoms with van der Waals surface area (Å²) in [6.45, 7) is 11.9. The Hall–Kier alpha value is 0. The van der Waals surface area contributed by atoms with Crippen LogP contribution in [-0.4, -0.2) is 0 Å². The lowest BCUT2D eigenvalue weighted by Gasteiger charge is -2.10. The van der Waals surface area contributed by atoms with E-state index in [-0.39, 0.29) is 0 Å². The third kappa shape index (κ3) is 1.45. The molecule has 0 aliphatic heterocycles. The Labute approximate surface area is 71.4 Å². The molecular formula is C11H22. The Kier molecular flexibility index (Phi) is 2.32. The lowest BCUT2D eigenvalue weighted by molar-refractivity contribution is 0.394. The van der Waals surface area contributed by atoms with Crippen molar-refractivity contribution in [1.82, 2.24) is 0 Å². The fourth-order valence-electron chi connectivity index (χ4n) is 2.80. The SMILES string of the molecule is CCCC(C)C1C(C)C1(C)C. The molecule has 0 nitrogen and oxygen atoms in total. The highest BCUT2D eigenvalue weighted by molar-refractivity contribution is 5.04. The molecule has 1 saturated carbocycles. The van der Waals surface area contributed by atoms with E-state index in [1.807, 2.05) is 0 Å². The Balaban J connectivity index is 2.40. The van der Waals surface area contributed by atoms with Crippen LogP contribution in [0.15, 0.2) is 0 Å². The number of hydrogen-bond acceptors (Lipinski definition) is 0. The molecule has 0 radical (unpaired) electrons. The minimum Gasteiger partial charge on any atom is -0.0654 e. The van der Waals surface area contributed by atoms with Crippen molar-refractivity contribution in [3.8, 4) is 0 Å². The molecule has 0 heteroatoms. The van der Waals surface area contributed by atoms with E-state index in [0.29, 0.717) is 5.41 Å². The molecular weight excluding hydrogens is 132 g/mol. The molecule has 0 N–H and O–H groups in total. The Morgan fingerprint density at radius 1 is 1.36 bits per heavy atom. The molecule has 0 aromatic heterocycles. The lowest BCUT2D eigenvalue weighted by Crippen LogP contribution is -2.02. The number of rotatable bonds is 3. The minimum absolute atomic E-state index is 0.647. The molecule has 11 heavy (non-hydrogen) atoms. The van der Waals surface area contributed by atoms with Crippen molar-refractivity contribution in [2.75, 3.05) is 0 Å². The summed E-state index contributed by atoms with van der Waals surface area (Å²) in [6, 6.07) is 0. The van der Waals surface area contributed by atoms with E-state index in [1.165, 1.54) is 12.8 Å². The highest BCUT2D eigenvalue weighted by Crippen LogP contribution is 2.61. The summed E-state index contributed by atoms with van der Waals surface area (Å²) in [5, 5.41) is 0. The second kappa shape index (κ2) is 2.80. The van der Waals surface area contributed by atoms with Crippen LogP contribution < -0.4 is 0 Å². The van der Waals surface area contributed by atoms with Crippen LogP contribution in [0.3, 0.4) is 0 Å². The average molecular weight is 154 g/mol. The molecule has 0 aromatic carbocycles. The van der Waals surface area contributed by atoms with Crippen molar-refractivity contribution in [3.05, 3.63) is 0 Å². The molecule has 3 atom stereocenters. The Morgan fingerprint density at radius 2 is 1.82 bits per heavy atom. The molecule has 1 aliphatic rings. The maximum atomic E-state index is 2.42. The predicted octanol–water partition coefficient (Wildman–Crippen LogP) is 3.71. The number of hydrogen-bond donors (Lipinski definition) is 0. The zero-order valence-corrected chi connectivity index (χ0v) is 8.65. The maximum Gasteiger partial charge on any atom is -0.0292 e. The molecule has 66 valence electrons. The summed E-state index contributed by atoms with van der Waals surface area (Å²) in [4.78, 5) is 0.